The van der Waals surface area contributed by atoms with Crippen molar-refractivity contribution in [2.24, 2.45) is 4.99 Å². The molecule has 1 aliphatic rings. The molecule has 0 bridgehead atoms. The maximum atomic E-state index is 13.4. The second-order valence-electron chi connectivity index (χ2n) is 9.12. The fourth-order valence-corrected chi connectivity index (χ4v) is 3.69. The van der Waals surface area contributed by atoms with Crippen LogP contribution in [-0.4, -0.2) is 16.7 Å². The van der Waals surface area contributed by atoms with Gasteiger partial charge in [-0.25, -0.2) is 4.99 Å². The number of hydrogen-bond donors (Lipinski definition) is 0. The van der Waals surface area contributed by atoms with E-state index in [1.54, 1.807) is 23.1 Å². The first-order valence-corrected chi connectivity index (χ1v) is 10.7. The van der Waals surface area contributed by atoms with Gasteiger partial charge in [0.2, 0.25) is 0 Å². The number of nitro groups is 1. The number of carbonyl (C=O) groups is 1. The number of rotatable bonds is 4. The van der Waals surface area contributed by atoms with E-state index in [1.807, 2.05) is 43.3 Å². The van der Waals surface area contributed by atoms with E-state index in [4.69, 9.17) is 4.99 Å². The first-order valence-electron chi connectivity index (χ1n) is 10.7. The van der Waals surface area contributed by atoms with Gasteiger partial charge in [-0.1, -0.05) is 57.2 Å². The Balaban J connectivity index is 1.78. The molecule has 0 fully saturated rings. The lowest BCUT2D eigenvalue weighted by molar-refractivity contribution is -0.384. The van der Waals surface area contributed by atoms with E-state index in [0.29, 0.717) is 11.4 Å². The van der Waals surface area contributed by atoms with Crippen LogP contribution < -0.4 is 4.90 Å². The van der Waals surface area contributed by atoms with E-state index in [-0.39, 0.29) is 22.7 Å². The van der Waals surface area contributed by atoms with E-state index < -0.39 is 4.92 Å². The molecule has 0 atom stereocenters. The predicted molar refractivity (Wildman–Crippen MR) is 131 cm³/mol. The first-order chi connectivity index (χ1) is 15.6. The highest BCUT2D eigenvalue weighted by Gasteiger charge is 2.32. The number of amides is 1. The molecular formula is C27H25N3O3. The summed E-state index contributed by atoms with van der Waals surface area (Å²) in [5.74, 6) is 0.313. The summed E-state index contributed by atoms with van der Waals surface area (Å²) >= 11 is 0. The van der Waals surface area contributed by atoms with Crippen LogP contribution in [0.25, 0.3) is 6.08 Å². The number of anilines is 1. The molecule has 166 valence electrons. The summed E-state index contributed by atoms with van der Waals surface area (Å²) in [6.07, 6.45) is 1.66. The molecule has 33 heavy (non-hydrogen) atoms. The van der Waals surface area contributed by atoms with Crippen LogP contribution in [0.3, 0.4) is 0 Å². The molecule has 0 saturated heterocycles. The maximum absolute atomic E-state index is 13.4. The van der Waals surface area contributed by atoms with Gasteiger partial charge in [0, 0.05) is 17.7 Å². The lowest BCUT2D eigenvalue weighted by Crippen LogP contribution is -2.32. The Morgan fingerprint density at radius 3 is 2.21 bits per heavy atom. The van der Waals surface area contributed by atoms with Gasteiger partial charge in [0.1, 0.15) is 11.5 Å². The van der Waals surface area contributed by atoms with Gasteiger partial charge in [0.05, 0.1) is 10.6 Å². The molecule has 4 rings (SSSR count). The van der Waals surface area contributed by atoms with Crippen molar-refractivity contribution in [1.29, 1.82) is 0 Å². The number of aliphatic imine (C=N–C) groups is 1. The third-order valence-electron chi connectivity index (χ3n) is 5.54. The molecule has 0 unspecified atom stereocenters. The van der Waals surface area contributed by atoms with Gasteiger partial charge in [0.15, 0.2) is 0 Å². The van der Waals surface area contributed by atoms with Crippen LogP contribution in [0.5, 0.6) is 0 Å². The van der Waals surface area contributed by atoms with E-state index in [9.17, 15) is 14.9 Å². The van der Waals surface area contributed by atoms with Crippen molar-refractivity contribution >= 4 is 29.2 Å². The van der Waals surface area contributed by atoms with Crippen molar-refractivity contribution in [3.05, 3.63) is 111 Å². The average molecular weight is 440 g/mol. The third kappa shape index (κ3) is 4.60. The number of nitrogens with zero attached hydrogens (tertiary/aromatic N) is 3. The van der Waals surface area contributed by atoms with Gasteiger partial charge in [0.25, 0.3) is 11.6 Å². The smallest absolute Gasteiger partial charge is 0.266 e. The lowest BCUT2D eigenvalue weighted by Gasteiger charge is -2.21. The fraction of sp³-hybridized carbons (Fsp3) is 0.185. The summed E-state index contributed by atoms with van der Waals surface area (Å²) in [4.78, 5) is 30.2. The van der Waals surface area contributed by atoms with Crippen LogP contribution in [0.15, 0.2) is 83.5 Å². The molecule has 0 N–H and O–H groups in total. The van der Waals surface area contributed by atoms with Crippen molar-refractivity contribution in [2.75, 3.05) is 4.90 Å². The number of carbonyl (C=O) groups excluding carboxylic acids is 1. The summed E-state index contributed by atoms with van der Waals surface area (Å²) in [5, 5.41) is 10.9. The monoisotopic (exact) mass is 439 g/mol. The van der Waals surface area contributed by atoms with Crippen LogP contribution in [-0.2, 0) is 10.2 Å². The zero-order valence-corrected chi connectivity index (χ0v) is 19.1. The van der Waals surface area contributed by atoms with E-state index in [1.165, 1.54) is 17.7 Å². The molecule has 0 spiro atoms. The van der Waals surface area contributed by atoms with Crippen molar-refractivity contribution in [3.8, 4) is 0 Å². The number of amidine groups is 1. The SMILES string of the molecule is Cc1cccc(N2C(=O)/C(=C/c3ccc([N+](=O)[O-])cc3)N=C2c2ccc(C(C)(C)C)cc2)c1. The zero-order valence-electron chi connectivity index (χ0n) is 19.1. The van der Waals surface area contributed by atoms with Crippen LogP contribution in [0.4, 0.5) is 11.4 Å². The van der Waals surface area contributed by atoms with Crippen molar-refractivity contribution in [1.82, 2.24) is 0 Å². The number of aryl methyl sites for hydroxylation is 1. The number of benzene rings is 3. The van der Waals surface area contributed by atoms with E-state index in [0.717, 1.165) is 16.8 Å². The molecular weight excluding hydrogens is 414 g/mol. The normalized spacial score (nSPS) is 15.2. The maximum Gasteiger partial charge on any atom is 0.282 e. The fourth-order valence-electron chi connectivity index (χ4n) is 3.69. The summed E-state index contributed by atoms with van der Waals surface area (Å²) < 4.78 is 0. The zero-order chi connectivity index (χ0) is 23.8. The van der Waals surface area contributed by atoms with Crippen molar-refractivity contribution in [3.63, 3.8) is 0 Å². The topological polar surface area (TPSA) is 75.8 Å². The van der Waals surface area contributed by atoms with Crippen LogP contribution in [0.2, 0.25) is 0 Å². The molecule has 1 aliphatic heterocycles. The molecule has 6 heteroatoms. The van der Waals surface area contributed by atoms with Crippen LogP contribution in [0.1, 0.15) is 43.0 Å². The molecule has 0 saturated carbocycles. The molecule has 1 amide bonds. The second kappa shape index (κ2) is 8.47. The molecule has 6 nitrogen and oxygen atoms in total. The van der Waals surface area contributed by atoms with Crippen molar-refractivity contribution in [2.45, 2.75) is 33.1 Å². The Hall–Kier alpha value is -4.06. The van der Waals surface area contributed by atoms with E-state index in [2.05, 4.69) is 32.9 Å². The number of hydrogen-bond acceptors (Lipinski definition) is 4. The Bertz CT molecular complexity index is 1280. The second-order valence-corrected chi connectivity index (χ2v) is 9.12. The van der Waals surface area contributed by atoms with Gasteiger partial charge < -0.3 is 0 Å². The highest BCUT2D eigenvalue weighted by Crippen LogP contribution is 2.30. The lowest BCUT2D eigenvalue weighted by atomic mass is 9.86. The minimum Gasteiger partial charge on any atom is -0.266 e. The summed E-state index contributed by atoms with van der Waals surface area (Å²) in [6.45, 7) is 8.45. The molecule has 0 aliphatic carbocycles. The predicted octanol–water partition coefficient (Wildman–Crippen LogP) is 6.04. The number of nitro benzene ring substituents is 1. The first kappa shape index (κ1) is 22.1. The standard InChI is InChI=1S/C27H25N3O3/c1-18-6-5-7-23(16-18)29-25(20-10-12-21(13-11-20)27(2,3)4)28-24(26(29)31)17-19-8-14-22(15-9-19)30(32)33/h5-17H,1-4H3/b24-17-. The van der Waals surface area contributed by atoms with E-state index >= 15 is 0 Å². The summed E-state index contributed by atoms with van der Waals surface area (Å²) in [5.41, 5.74) is 4.77. The number of non-ortho nitro benzene ring substituents is 1. The minimum absolute atomic E-state index is 0.000542. The Kier molecular flexibility index (Phi) is 5.68. The van der Waals surface area contributed by atoms with Crippen molar-refractivity contribution < 1.29 is 9.72 Å². The molecule has 1 heterocycles. The Labute approximate surface area is 193 Å². The van der Waals surface area contributed by atoms with Gasteiger partial charge in [-0.2, -0.15) is 0 Å². The van der Waals surface area contributed by atoms with Gasteiger partial charge in [-0.15, -0.1) is 0 Å². The summed E-state index contributed by atoms with van der Waals surface area (Å²) in [7, 11) is 0. The van der Waals surface area contributed by atoms with Crippen LogP contribution >= 0.6 is 0 Å². The Morgan fingerprint density at radius 1 is 0.970 bits per heavy atom. The largest absolute Gasteiger partial charge is 0.282 e. The minimum atomic E-state index is -0.450. The van der Waals surface area contributed by atoms with Gasteiger partial charge in [-0.3, -0.25) is 19.8 Å². The van der Waals surface area contributed by atoms with Gasteiger partial charge >= 0.3 is 0 Å². The third-order valence-corrected chi connectivity index (χ3v) is 5.54. The van der Waals surface area contributed by atoms with Gasteiger partial charge in [-0.05, 0) is 59.4 Å². The Morgan fingerprint density at radius 2 is 1.64 bits per heavy atom. The van der Waals surface area contributed by atoms with Crippen LogP contribution in [0, 0.1) is 17.0 Å². The highest BCUT2D eigenvalue weighted by molar-refractivity contribution is 6.33. The molecule has 0 radical (unpaired) electrons. The highest BCUT2D eigenvalue weighted by atomic mass is 16.6. The summed E-state index contributed by atoms with van der Waals surface area (Å²) in [6, 6.07) is 21.9. The quantitative estimate of drug-likeness (QED) is 0.283. The molecule has 3 aromatic rings. The molecule has 0 aromatic heterocycles. The average Bonchev–Trinajstić information content (AvgIpc) is 3.09. The molecule has 3 aromatic carbocycles.